The summed E-state index contributed by atoms with van der Waals surface area (Å²) < 4.78 is 5.31. The lowest BCUT2D eigenvalue weighted by Gasteiger charge is -2.35. The van der Waals surface area contributed by atoms with Gasteiger partial charge in [-0.2, -0.15) is 0 Å². The molecule has 0 aliphatic carbocycles. The van der Waals surface area contributed by atoms with Gasteiger partial charge in [0.05, 0.1) is 25.2 Å². The Labute approximate surface area is 91.8 Å². The van der Waals surface area contributed by atoms with E-state index in [0.717, 1.165) is 12.8 Å². The molecule has 4 heteroatoms. The predicted octanol–water partition coefficient (Wildman–Crippen LogP) is 0.609. The summed E-state index contributed by atoms with van der Waals surface area (Å²) in [6.07, 6.45) is 1.89. The van der Waals surface area contributed by atoms with Crippen LogP contribution in [0.2, 0.25) is 0 Å². The molecule has 2 N–H and O–H groups in total. The molecule has 1 saturated heterocycles. The average molecular weight is 214 g/mol. The lowest BCUT2D eigenvalue weighted by Crippen LogP contribution is -2.50. The highest BCUT2D eigenvalue weighted by molar-refractivity contribution is 5.79. The van der Waals surface area contributed by atoms with E-state index in [2.05, 4.69) is 6.92 Å². The Morgan fingerprint density at radius 1 is 1.67 bits per heavy atom. The molecular weight excluding hydrogens is 192 g/mol. The number of hydrogen-bond donors (Lipinski definition) is 1. The van der Waals surface area contributed by atoms with E-state index in [1.807, 2.05) is 11.8 Å². The third-order valence-electron chi connectivity index (χ3n) is 2.92. The van der Waals surface area contributed by atoms with Crippen molar-refractivity contribution in [2.75, 3.05) is 26.3 Å². The molecule has 2 atom stereocenters. The normalized spacial score (nSPS) is 23.9. The second-order valence-corrected chi connectivity index (χ2v) is 4.18. The quantitative estimate of drug-likeness (QED) is 0.746. The topological polar surface area (TPSA) is 55.6 Å². The maximum atomic E-state index is 12.1. The van der Waals surface area contributed by atoms with Crippen LogP contribution in [-0.2, 0) is 9.53 Å². The van der Waals surface area contributed by atoms with Crippen molar-refractivity contribution in [1.82, 2.24) is 4.90 Å². The van der Waals surface area contributed by atoms with E-state index in [9.17, 15) is 4.79 Å². The van der Waals surface area contributed by atoms with E-state index in [1.54, 1.807) is 0 Å². The fraction of sp³-hybridized carbons (Fsp3) is 0.909. The van der Waals surface area contributed by atoms with E-state index >= 15 is 0 Å². The zero-order valence-electron chi connectivity index (χ0n) is 9.74. The minimum atomic E-state index is -0.00412. The monoisotopic (exact) mass is 214 g/mol. The van der Waals surface area contributed by atoms with Gasteiger partial charge in [0.1, 0.15) is 0 Å². The van der Waals surface area contributed by atoms with Crippen molar-refractivity contribution in [3.05, 3.63) is 0 Å². The van der Waals surface area contributed by atoms with Crippen LogP contribution in [0.15, 0.2) is 0 Å². The van der Waals surface area contributed by atoms with Crippen LogP contribution in [0.25, 0.3) is 0 Å². The van der Waals surface area contributed by atoms with Gasteiger partial charge in [-0.1, -0.05) is 13.3 Å². The molecule has 1 heterocycles. The number of carbonyl (C=O) groups is 1. The van der Waals surface area contributed by atoms with E-state index in [1.165, 1.54) is 0 Å². The predicted molar refractivity (Wildman–Crippen MR) is 59.4 cm³/mol. The van der Waals surface area contributed by atoms with Crippen molar-refractivity contribution in [2.24, 2.45) is 11.7 Å². The third kappa shape index (κ3) is 3.18. The smallest absolute Gasteiger partial charge is 0.227 e. The summed E-state index contributed by atoms with van der Waals surface area (Å²) in [5.74, 6) is 0.200. The Kier molecular flexibility index (Phi) is 5.05. The van der Waals surface area contributed by atoms with Crippen LogP contribution < -0.4 is 5.73 Å². The Balaban J connectivity index is 2.55. The summed E-state index contributed by atoms with van der Waals surface area (Å²) in [6.45, 7) is 6.57. The zero-order valence-corrected chi connectivity index (χ0v) is 9.74. The molecule has 0 bridgehead atoms. The van der Waals surface area contributed by atoms with E-state index < -0.39 is 0 Å². The summed E-state index contributed by atoms with van der Waals surface area (Å²) in [7, 11) is 0. The second kappa shape index (κ2) is 6.08. The fourth-order valence-electron chi connectivity index (χ4n) is 1.98. The first kappa shape index (κ1) is 12.5. The Bertz CT molecular complexity index is 209. The summed E-state index contributed by atoms with van der Waals surface area (Å²) >= 11 is 0. The molecule has 0 aromatic rings. The van der Waals surface area contributed by atoms with Gasteiger partial charge in [0, 0.05) is 13.1 Å². The molecule has 0 aromatic heterocycles. The van der Waals surface area contributed by atoms with Gasteiger partial charge in [-0.05, 0) is 13.3 Å². The van der Waals surface area contributed by atoms with Gasteiger partial charge in [0.2, 0.25) is 5.91 Å². The van der Waals surface area contributed by atoms with Gasteiger partial charge in [-0.15, -0.1) is 0 Å². The molecule has 1 rings (SSSR count). The number of carbonyl (C=O) groups excluding carboxylic acids is 1. The maximum absolute atomic E-state index is 12.1. The van der Waals surface area contributed by atoms with Crippen LogP contribution in [-0.4, -0.2) is 43.2 Å². The molecule has 1 amide bonds. The standard InChI is InChI=1S/C11H22N2O2/c1-3-4-10(7-12)11(14)13-5-6-15-8-9(13)2/h9-10H,3-8,12H2,1-2H3. The molecule has 2 unspecified atom stereocenters. The maximum Gasteiger partial charge on any atom is 0.227 e. The van der Waals surface area contributed by atoms with Crippen LogP contribution >= 0.6 is 0 Å². The van der Waals surface area contributed by atoms with E-state index in [4.69, 9.17) is 10.5 Å². The van der Waals surface area contributed by atoms with Gasteiger partial charge < -0.3 is 15.4 Å². The summed E-state index contributed by atoms with van der Waals surface area (Å²) in [5.41, 5.74) is 5.63. The van der Waals surface area contributed by atoms with Crippen LogP contribution in [0.5, 0.6) is 0 Å². The highest BCUT2D eigenvalue weighted by Crippen LogP contribution is 2.14. The minimum Gasteiger partial charge on any atom is -0.377 e. The van der Waals surface area contributed by atoms with Crippen molar-refractivity contribution < 1.29 is 9.53 Å². The molecular formula is C11H22N2O2. The fourth-order valence-corrected chi connectivity index (χ4v) is 1.98. The van der Waals surface area contributed by atoms with Crippen LogP contribution in [0.3, 0.4) is 0 Å². The number of ether oxygens (including phenoxy) is 1. The Hall–Kier alpha value is -0.610. The van der Waals surface area contributed by atoms with Crippen LogP contribution in [0.4, 0.5) is 0 Å². The first-order chi connectivity index (χ1) is 7.20. The number of nitrogens with zero attached hydrogens (tertiary/aromatic N) is 1. The largest absolute Gasteiger partial charge is 0.377 e. The zero-order chi connectivity index (χ0) is 11.3. The molecule has 1 aliphatic rings. The Morgan fingerprint density at radius 3 is 2.93 bits per heavy atom. The molecule has 1 fully saturated rings. The molecule has 88 valence electrons. The van der Waals surface area contributed by atoms with Gasteiger partial charge in [-0.25, -0.2) is 0 Å². The molecule has 1 aliphatic heterocycles. The van der Waals surface area contributed by atoms with Crippen molar-refractivity contribution in [2.45, 2.75) is 32.7 Å². The van der Waals surface area contributed by atoms with Crippen LogP contribution in [0, 0.1) is 5.92 Å². The average Bonchev–Trinajstić information content (AvgIpc) is 2.25. The molecule has 0 saturated carbocycles. The van der Waals surface area contributed by atoms with Gasteiger partial charge >= 0.3 is 0 Å². The second-order valence-electron chi connectivity index (χ2n) is 4.18. The number of morpholine rings is 1. The first-order valence-electron chi connectivity index (χ1n) is 5.79. The molecule has 4 nitrogen and oxygen atoms in total. The van der Waals surface area contributed by atoms with Crippen molar-refractivity contribution >= 4 is 5.91 Å². The van der Waals surface area contributed by atoms with Gasteiger partial charge in [0.25, 0.3) is 0 Å². The van der Waals surface area contributed by atoms with Crippen molar-refractivity contribution in [3.63, 3.8) is 0 Å². The minimum absolute atomic E-state index is 0.00412. The lowest BCUT2D eigenvalue weighted by atomic mass is 10.0. The van der Waals surface area contributed by atoms with Gasteiger partial charge in [-0.3, -0.25) is 4.79 Å². The number of nitrogens with two attached hydrogens (primary N) is 1. The number of amides is 1. The molecule has 15 heavy (non-hydrogen) atoms. The summed E-state index contributed by atoms with van der Waals surface area (Å²) in [6, 6.07) is 0.192. The van der Waals surface area contributed by atoms with Crippen molar-refractivity contribution in [1.29, 1.82) is 0 Å². The van der Waals surface area contributed by atoms with E-state index in [-0.39, 0.29) is 17.9 Å². The highest BCUT2D eigenvalue weighted by atomic mass is 16.5. The summed E-state index contributed by atoms with van der Waals surface area (Å²) in [4.78, 5) is 14.0. The molecule has 0 aromatic carbocycles. The van der Waals surface area contributed by atoms with Crippen LogP contribution in [0.1, 0.15) is 26.7 Å². The Morgan fingerprint density at radius 2 is 2.40 bits per heavy atom. The van der Waals surface area contributed by atoms with Gasteiger partial charge in [0.15, 0.2) is 0 Å². The third-order valence-corrected chi connectivity index (χ3v) is 2.92. The van der Waals surface area contributed by atoms with E-state index in [0.29, 0.717) is 26.3 Å². The molecule has 0 spiro atoms. The molecule has 0 radical (unpaired) electrons. The highest BCUT2D eigenvalue weighted by Gasteiger charge is 2.28. The number of rotatable bonds is 4. The van der Waals surface area contributed by atoms with Crippen molar-refractivity contribution in [3.8, 4) is 0 Å². The SMILES string of the molecule is CCCC(CN)C(=O)N1CCOCC1C. The first-order valence-corrected chi connectivity index (χ1v) is 5.79. The number of hydrogen-bond acceptors (Lipinski definition) is 3. The summed E-state index contributed by atoms with van der Waals surface area (Å²) in [5, 5.41) is 0. The lowest BCUT2D eigenvalue weighted by molar-refractivity contribution is -0.143.